The minimum atomic E-state index is -0.619. The molecule has 1 aromatic carbocycles. The molecule has 0 aromatic heterocycles. The van der Waals surface area contributed by atoms with Crippen molar-refractivity contribution >= 4 is 30.5 Å². The maximum atomic E-state index is 11.9. The number of hydrogen-bond acceptors (Lipinski definition) is 2. The molecule has 0 N–H and O–H groups in total. The third-order valence-corrected chi connectivity index (χ3v) is 5.36. The third-order valence-electron chi connectivity index (χ3n) is 2.34. The minimum absolute atomic E-state index is 0.125. The zero-order valence-electron chi connectivity index (χ0n) is 11.0. The van der Waals surface area contributed by atoms with Crippen LogP contribution in [-0.4, -0.2) is 33.5 Å². The van der Waals surface area contributed by atoms with Gasteiger partial charge in [-0.25, -0.2) is 0 Å². The molecule has 0 amide bonds. The quantitative estimate of drug-likeness (QED) is 0.324. The molecule has 3 heteroatoms. The van der Waals surface area contributed by atoms with Crippen LogP contribution < -0.4 is 3.61 Å². The van der Waals surface area contributed by atoms with Crippen molar-refractivity contribution in [2.75, 3.05) is 6.61 Å². The Labute approximate surface area is 120 Å². The van der Waals surface area contributed by atoms with Crippen molar-refractivity contribution < 1.29 is 9.53 Å². The normalized spacial score (nSPS) is 11.3. The van der Waals surface area contributed by atoms with E-state index in [1.807, 2.05) is 25.1 Å². The molecular weight excluding hydrogens is 340 g/mol. The molecular formula is C15H20O2Te. The van der Waals surface area contributed by atoms with E-state index in [9.17, 15) is 4.79 Å². The summed E-state index contributed by atoms with van der Waals surface area (Å²) in [7, 11) is 0. The molecule has 0 fully saturated rings. The molecule has 0 atom stereocenters. The van der Waals surface area contributed by atoms with E-state index in [0.29, 0.717) is 6.61 Å². The van der Waals surface area contributed by atoms with Gasteiger partial charge in [0.05, 0.1) is 0 Å². The average molecular weight is 360 g/mol. The third kappa shape index (κ3) is 5.71. The van der Waals surface area contributed by atoms with Gasteiger partial charge in [-0.3, -0.25) is 0 Å². The summed E-state index contributed by atoms with van der Waals surface area (Å²) in [6.45, 7) is 4.46. The Morgan fingerprint density at radius 2 is 2.00 bits per heavy atom. The first-order chi connectivity index (χ1) is 8.77. The number of benzene rings is 1. The summed E-state index contributed by atoms with van der Waals surface area (Å²) in [6, 6.07) is 10.2. The Hall–Kier alpha value is -0.780. The topological polar surface area (TPSA) is 26.3 Å². The summed E-state index contributed by atoms with van der Waals surface area (Å²) in [5, 5.41) is 0. The average Bonchev–Trinajstić information content (AvgIpc) is 2.39. The Morgan fingerprint density at radius 1 is 1.28 bits per heavy atom. The molecule has 0 spiro atoms. The van der Waals surface area contributed by atoms with E-state index in [4.69, 9.17) is 4.74 Å². The molecule has 0 aliphatic heterocycles. The monoisotopic (exact) mass is 362 g/mol. The zero-order valence-corrected chi connectivity index (χ0v) is 13.3. The standard InChI is InChI=1S/C15H20O2Te/c1-3-5-7-12-14(15(16)17-4-2)18-13-10-8-6-9-11-13/h6,8-12H,3-5,7H2,1-2H3/b14-12+. The van der Waals surface area contributed by atoms with Crippen LogP contribution in [0, 0.1) is 0 Å². The van der Waals surface area contributed by atoms with Crippen molar-refractivity contribution in [3.8, 4) is 0 Å². The summed E-state index contributed by atoms with van der Waals surface area (Å²) in [5.41, 5.74) is 0. The van der Waals surface area contributed by atoms with E-state index in [0.717, 1.165) is 22.9 Å². The Bertz CT molecular complexity index is 385. The van der Waals surface area contributed by atoms with E-state index in [-0.39, 0.29) is 5.97 Å². The number of carbonyl (C=O) groups is 1. The second-order valence-corrected chi connectivity index (χ2v) is 7.03. The summed E-state index contributed by atoms with van der Waals surface area (Å²) in [5.74, 6) is -0.125. The molecule has 0 aliphatic rings. The van der Waals surface area contributed by atoms with Crippen LogP contribution in [-0.2, 0) is 9.53 Å². The molecule has 98 valence electrons. The van der Waals surface area contributed by atoms with Gasteiger partial charge in [0.25, 0.3) is 0 Å². The number of hydrogen-bond donors (Lipinski definition) is 0. The number of ether oxygens (including phenoxy) is 1. The zero-order chi connectivity index (χ0) is 13.2. The van der Waals surface area contributed by atoms with Crippen LogP contribution in [0.15, 0.2) is 40.0 Å². The summed E-state index contributed by atoms with van der Waals surface area (Å²) < 4.78 is 7.31. The molecule has 0 unspecified atom stereocenters. The first kappa shape index (κ1) is 15.3. The number of esters is 1. The van der Waals surface area contributed by atoms with Gasteiger partial charge < -0.3 is 0 Å². The van der Waals surface area contributed by atoms with E-state index in [1.54, 1.807) is 0 Å². The molecule has 0 saturated heterocycles. The van der Waals surface area contributed by atoms with Crippen LogP contribution in [0.2, 0.25) is 0 Å². The van der Waals surface area contributed by atoms with Crippen LogP contribution in [0.4, 0.5) is 0 Å². The van der Waals surface area contributed by atoms with Crippen LogP contribution in [0.3, 0.4) is 0 Å². The predicted molar refractivity (Wildman–Crippen MR) is 76.1 cm³/mol. The van der Waals surface area contributed by atoms with Crippen molar-refractivity contribution in [2.45, 2.75) is 33.1 Å². The van der Waals surface area contributed by atoms with Crippen LogP contribution in [0.5, 0.6) is 0 Å². The molecule has 1 rings (SSSR count). The second-order valence-electron chi connectivity index (χ2n) is 3.85. The van der Waals surface area contributed by atoms with E-state index < -0.39 is 20.9 Å². The van der Waals surface area contributed by atoms with Gasteiger partial charge in [-0.05, 0) is 0 Å². The van der Waals surface area contributed by atoms with Gasteiger partial charge in [-0.15, -0.1) is 0 Å². The molecule has 0 bridgehead atoms. The van der Waals surface area contributed by atoms with Crippen molar-refractivity contribution in [2.24, 2.45) is 0 Å². The molecule has 2 nitrogen and oxygen atoms in total. The number of rotatable bonds is 7. The van der Waals surface area contributed by atoms with E-state index in [2.05, 4.69) is 25.1 Å². The van der Waals surface area contributed by atoms with Gasteiger partial charge in [0.2, 0.25) is 0 Å². The fourth-order valence-corrected chi connectivity index (χ4v) is 3.96. The van der Waals surface area contributed by atoms with Gasteiger partial charge in [0, 0.05) is 0 Å². The molecule has 0 radical (unpaired) electrons. The number of allylic oxidation sites excluding steroid dienone is 1. The van der Waals surface area contributed by atoms with E-state index in [1.165, 1.54) is 3.61 Å². The van der Waals surface area contributed by atoms with Crippen molar-refractivity contribution in [1.29, 1.82) is 0 Å². The number of carbonyl (C=O) groups excluding carboxylic acids is 1. The van der Waals surface area contributed by atoms with E-state index >= 15 is 0 Å². The maximum absolute atomic E-state index is 11.9. The van der Waals surface area contributed by atoms with Crippen molar-refractivity contribution in [3.63, 3.8) is 0 Å². The second kappa shape index (κ2) is 9.19. The molecule has 0 aliphatic carbocycles. The van der Waals surface area contributed by atoms with Crippen LogP contribution >= 0.6 is 0 Å². The Kier molecular flexibility index (Phi) is 7.80. The van der Waals surface area contributed by atoms with Gasteiger partial charge in [-0.1, -0.05) is 0 Å². The fraction of sp³-hybridized carbons (Fsp3) is 0.400. The molecule has 0 saturated carbocycles. The first-order valence-electron chi connectivity index (χ1n) is 6.38. The SMILES string of the molecule is CCCC/C=C(/[Te]c1ccccc1)C(=O)OCC. The van der Waals surface area contributed by atoms with Gasteiger partial charge >= 0.3 is 120 Å². The first-order valence-corrected chi connectivity index (χ1v) is 8.71. The summed E-state index contributed by atoms with van der Waals surface area (Å²) >= 11 is -0.619. The van der Waals surface area contributed by atoms with Crippen molar-refractivity contribution in [3.05, 3.63) is 40.0 Å². The summed E-state index contributed by atoms with van der Waals surface area (Å²) in [4.78, 5) is 11.9. The van der Waals surface area contributed by atoms with Gasteiger partial charge in [0.1, 0.15) is 0 Å². The fourth-order valence-electron chi connectivity index (χ4n) is 1.42. The predicted octanol–water partition coefficient (Wildman–Crippen LogP) is 2.65. The molecule has 18 heavy (non-hydrogen) atoms. The van der Waals surface area contributed by atoms with Gasteiger partial charge in [0.15, 0.2) is 0 Å². The molecule has 0 heterocycles. The van der Waals surface area contributed by atoms with Gasteiger partial charge in [-0.2, -0.15) is 0 Å². The summed E-state index contributed by atoms with van der Waals surface area (Å²) in [6.07, 6.45) is 5.34. The van der Waals surface area contributed by atoms with Crippen molar-refractivity contribution in [1.82, 2.24) is 0 Å². The van der Waals surface area contributed by atoms with Crippen LogP contribution in [0.1, 0.15) is 33.1 Å². The molecule has 1 aromatic rings. The number of unbranched alkanes of at least 4 members (excludes halogenated alkanes) is 2. The van der Waals surface area contributed by atoms with Crippen LogP contribution in [0.25, 0.3) is 0 Å². The Balaban J connectivity index is 2.71. The Morgan fingerprint density at radius 3 is 2.61 bits per heavy atom.